The minimum Gasteiger partial charge on any atom is -0.481 e. The number of carbonyl (C=O) groups is 1. The molecule has 1 aliphatic rings. The second-order valence-corrected chi connectivity index (χ2v) is 4.60. The van der Waals surface area contributed by atoms with Crippen LogP contribution in [0.25, 0.3) is 0 Å². The monoisotopic (exact) mass is 236 g/mol. The molecule has 92 valence electrons. The van der Waals surface area contributed by atoms with E-state index >= 15 is 0 Å². The third-order valence-electron chi connectivity index (χ3n) is 3.33. The average Bonchev–Trinajstić information content (AvgIpc) is 2.80. The van der Waals surface area contributed by atoms with E-state index in [2.05, 4.69) is 9.97 Å². The lowest BCUT2D eigenvalue weighted by Crippen LogP contribution is -2.19. The Kier molecular flexibility index (Phi) is 3.26. The summed E-state index contributed by atoms with van der Waals surface area (Å²) in [6, 6.07) is 1.49. The first kappa shape index (κ1) is 11.8. The van der Waals surface area contributed by atoms with Crippen LogP contribution >= 0.6 is 0 Å². The Morgan fingerprint density at radius 3 is 2.76 bits per heavy atom. The predicted octanol–water partition coefficient (Wildman–Crippen LogP) is 1.62. The molecule has 0 bridgehead atoms. The van der Waals surface area contributed by atoms with Gasteiger partial charge >= 0.3 is 5.97 Å². The van der Waals surface area contributed by atoms with Crippen LogP contribution in [-0.2, 0) is 4.79 Å². The van der Waals surface area contributed by atoms with Gasteiger partial charge in [0.15, 0.2) is 0 Å². The molecule has 1 unspecified atom stereocenters. The summed E-state index contributed by atoms with van der Waals surface area (Å²) in [4.78, 5) is 29.2. The molecular formula is C12H16N2O3. The van der Waals surface area contributed by atoms with Crippen molar-refractivity contribution in [3.63, 3.8) is 0 Å². The van der Waals surface area contributed by atoms with Crippen LogP contribution in [0.15, 0.2) is 10.9 Å². The number of aromatic nitrogens is 2. The topological polar surface area (TPSA) is 83.0 Å². The maximum absolute atomic E-state index is 11.5. The Hall–Kier alpha value is -1.65. The molecule has 0 amide bonds. The number of nitrogens with one attached hydrogen (secondary N) is 1. The van der Waals surface area contributed by atoms with Crippen molar-refractivity contribution in [1.29, 1.82) is 0 Å². The SMILES string of the molecule is CC(C(=O)O)c1nc(C2CCCC2)cc(=O)[nH]1. The van der Waals surface area contributed by atoms with Crippen LogP contribution in [0.1, 0.15) is 56.0 Å². The van der Waals surface area contributed by atoms with Crippen LogP contribution in [0.4, 0.5) is 0 Å². The fourth-order valence-corrected chi connectivity index (χ4v) is 2.25. The highest BCUT2D eigenvalue weighted by atomic mass is 16.4. The summed E-state index contributed by atoms with van der Waals surface area (Å²) in [5.74, 6) is -1.18. The van der Waals surface area contributed by atoms with E-state index in [-0.39, 0.29) is 11.4 Å². The second-order valence-electron chi connectivity index (χ2n) is 4.60. The van der Waals surface area contributed by atoms with E-state index < -0.39 is 11.9 Å². The molecule has 17 heavy (non-hydrogen) atoms. The van der Waals surface area contributed by atoms with Gasteiger partial charge < -0.3 is 10.1 Å². The van der Waals surface area contributed by atoms with E-state index in [9.17, 15) is 9.59 Å². The standard InChI is InChI=1S/C12H16N2O3/c1-7(12(16)17)11-13-9(6-10(15)14-11)8-4-2-3-5-8/h6-8H,2-5H2,1H3,(H,16,17)(H,13,14,15). The largest absolute Gasteiger partial charge is 0.481 e. The highest BCUT2D eigenvalue weighted by Crippen LogP contribution is 2.32. The summed E-state index contributed by atoms with van der Waals surface area (Å²) >= 11 is 0. The maximum Gasteiger partial charge on any atom is 0.313 e. The molecule has 1 aliphatic carbocycles. The van der Waals surface area contributed by atoms with Gasteiger partial charge in [0.25, 0.3) is 5.56 Å². The second kappa shape index (κ2) is 4.69. The van der Waals surface area contributed by atoms with E-state index in [4.69, 9.17) is 5.11 Å². The predicted molar refractivity (Wildman–Crippen MR) is 62.1 cm³/mol. The molecule has 1 aromatic heterocycles. The first-order valence-corrected chi connectivity index (χ1v) is 5.92. The lowest BCUT2D eigenvalue weighted by atomic mass is 10.0. The molecule has 2 rings (SSSR count). The average molecular weight is 236 g/mol. The molecule has 0 aromatic carbocycles. The third kappa shape index (κ3) is 2.54. The van der Waals surface area contributed by atoms with Gasteiger partial charge in [0.2, 0.25) is 0 Å². The van der Waals surface area contributed by atoms with Crippen LogP contribution in [0.3, 0.4) is 0 Å². The minimum absolute atomic E-state index is 0.256. The van der Waals surface area contributed by atoms with Crippen LogP contribution in [0, 0.1) is 0 Å². The first-order valence-electron chi connectivity index (χ1n) is 5.92. The fraction of sp³-hybridized carbons (Fsp3) is 0.583. The van der Waals surface area contributed by atoms with Gasteiger partial charge in [-0.2, -0.15) is 0 Å². The van der Waals surface area contributed by atoms with Gasteiger partial charge in [-0.3, -0.25) is 9.59 Å². The Bertz CT molecular complexity index is 475. The quantitative estimate of drug-likeness (QED) is 0.835. The molecular weight excluding hydrogens is 220 g/mol. The number of carboxylic acid groups (broad SMARTS) is 1. The Morgan fingerprint density at radius 2 is 2.18 bits per heavy atom. The Labute approximate surface area is 98.9 Å². The molecule has 0 saturated heterocycles. The highest BCUT2D eigenvalue weighted by molar-refractivity contribution is 5.74. The lowest BCUT2D eigenvalue weighted by molar-refractivity contribution is -0.138. The highest BCUT2D eigenvalue weighted by Gasteiger charge is 2.22. The van der Waals surface area contributed by atoms with Gasteiger partial charge in [0, 0.05) is 12.0 Å². The lowest BCUT2D eigenvalue weighted by Gasteiger charge is -2.11. The van der Waals surface area contributed by atoms with E-state index in [0.717, 1.165) is 31.4 Å². The molecule has 5 heteroatoms. The van der Waals surface area contributed by atoms with Gasteiger partial charge in [-0.15, -0.1) is 0 Å². The van der Waals surface area contributed by atoms with Gasteiger partial charge in [-0.25, -0.2) is 4.98 Å². The van der Waals surface area contributed by atoms with Crippen molar-refractivity contribution in [2.24, 2.45) is 0 Å². The van der Waals surface area contributed by atoms with Crippen molar-refractivity contribution in [3.8, 4) is 0 Å². The van der Waals surface area contributed by atoms with Crippen LogP contribution in [-0.4, -0.2) is 21.0 Å². The summed E-state index contributed by atoms with van der Waals surface area (Å²) in [5.41, 5.74) is 0.486. The van der Waals surface area contributed by atoms with E-state index in [1.807, 2.05) is 0 Å². The van der Waals surface area contributed by atoms with Crippen LogP contribution in [0.2, 0.25) is 0 Å². The van der Waals surface area contributed by atoms with Crippen LogP contribution < -0.4 is 5.56 Å². The number of H-pyrrole nitrogens is 1. The molecule has 5 nitrogen and oxygen atoms in total. The van der Waals surface area contributed by atoms with E-state index in [1.54, 1.807) is 0 Å². The zero-order valence-corrected chi connectivity index (χ0v) is 9.77. The molecule has 0 aliphatic heterocycles. The van der Waals surface area contributed by atoms with Crippen molar-refractivity contribution >= 4 is 5.97 Å². The molecule has 1 heterocycles. The molecule has 1 fully saturated rings. The number of carboxylic acids is 1. The molecule has 0 spiro atoms. The summed E-state index contributed by atoms with van der Waals surface area (Å²) in [5, 5.41) is 8.92. The summed E-state index contributed by atoms with van der Waals surface area (Å²) in [7, 11) is 0. The van der Waals surface area contributed by atoms with Crippen molar-refractivity contribution < 1.29 is 9.90 Å². The van der Waals surface area contributed by atoms with E-state index in [1.165, 1.54) is 13.0 Å². The number of aliphatic carboxylic acids is 1. The fourth-order valence-electron chi connectivity index (χ4n) is 2.25. The van der Waals surface area contributed by atoms with Crippen molar-refractivity contribution in [3.05, 3.63) is 27.9 Å². The minimum atomic E-state index is -0.975. The Morgan fingerprint density at radius 1 is 1.53 bits per heavy atom. The van der Waals surface area contributed by atoms with Crippen LogP contribution in [0.5, 0.6) is 0 Å². The zero-order valence-electron chi connectivity index (χ0n) is 9.77. The number of hydrogen-bond donors (Lipinski definition) is 2. The van der Waals surface area contributed by atoms with Crippen molar-refractivity contribution in [2.75, 3.05) is 0 Å². The summed E-state index contributed by atoms with van der Waals surface area (Å²) < 4.78 is 0. The summed E-state index contributed by atoms with van der Waals surface area (Å²) in [6.45, 7) is 1.53. The number of rotatable bonds is 3. The van der Waals surface area contributed by atoms with Gasteiger partial charge in [-0.1, -0.05) is 12.8 Å². The molecule has 1 saturated carbocycles. The van der Waals surface area contributed by atoms with Crippen molar-refractivity contribution in [2.45, 2.75) is 44.4 Å². The molecule has 0 radical (unpaired) electrons. The van der Waals surface area contributed by atoms with Gasteiger partial charge in [0.05, 0.1) is 5.69 Å². The number of hydrogen-bond acceptors (Lipinski definition) is 3. The first-order chi connectivity index (χ1) is 8.08. The molecule has 1 atom stereocenters. The maximum atomic E-state index is 11.5. The number of aromatic amines is 1. The van der Waals surface area contributed by atoms with Gasteiger partial charge in [0.1, 0.15) is 11.7 Å². The number of nitrogens with zero attached hydrogens (tertiary/aromatic N) is 1. The van der Waals surface area contributed by atoms with E-state index in [0.29, 0.717) is 5.92 Å². The van der Waals surface area contributed by atoms with Crippen molar-refractivity contribution in [1.82, 2.24) is 9.97 Å². The normalized spacial score (nSPS) is 18.2. The summed E-state index contributed by atoms with van der Waals surface area (Å²) in [6.07, 6.45) is 4.39. The molecule has 2 N–H and O–H groups in total. The smallest absolute Gasteiger partial charge is 0.313 e. The third-order valence-corrected chi connectivity index (χ3v) is 3.33. The Balaban J connectivity index is 2.35. The zero-order chi connectivity index (χ0) is 12.4. The molecule has 1 aromatic rings. The van der Waals surface area contributed by atoms with Gasteiger partial charge in [-0.05, 0) is 19.8 Å².